The van der Waals surface area contributed by atoms with Gasteiger partial charge in [0.15, 0.2) is 6.61 Å². The van der Waals surface area contributed by atoms with Gasteiger partial charge in [0.1, 0.15) is 6.26 Å². The Morgan fingerprint density at radius 3 is 2.17 bits per heavy atom. The van der Waals surface area contributed by atoms with Gasteiger partial charge in [0.25, 0.3) is 0 Å². The normalized spacial score (nSPS) is 14.9. The lowest BCUT2D eigenvalue weighted by atomic mass is 10.2. The Morgan fingerprint density at radius 2 is 1.50 bits per heavy atom. The molecule has 4 heteroatoms. The quantitative estimate of drug-likeness (QED) is 0.589. The van der Waals surface area contributed by atoms with Crippen LogP contribution in [-0.2, 0) is 4.74 Å². The summed E-state index contributed by atoms with van der Waals surface area (Å²) < 4.78 is 5.39. The third kappa shape index (κ3) is 4.51. The largest absolute Gasteiger partial charge is 0.485 e. The highest BCUT2D eigenvalue weighted by molar-refractivity contribution is 5.36. The van der Waals surface area contributed by atoms with Gasteiger partial charge in [-0.25, -0.2) is 0 Å². The summed E-state index contributed by atoms with van der Waals surface area (Å²) in [5.74, 6) is 0. The van der Waals surface area contributed by atoms with Crippen LogP contribution in [0.1, 0.15) is 40.0 Å². The fourth-order valence-corrected chi connectivity index (χ4v) is 1.65. The molecule has 4 nitrogen and oxygen atoms in total. The smallest absolute Gasteiger partial charge is 0.182 e. The zero-order valence-corrected chi connectivity index (χ0v) is 11.8. The SMILES string of the molecule is CCCNC1=CO[CH]C(NCCC)=C1NCCC. The maximum atomic E-state index is 5.39. The molecule has 0 amide bonds. The maximum Gasteiger partial charge on any atom is 0.182 e. The summed E-state index contributed by atoms with van der Waals surface area (Å²) in [4.78, 5) is 0. The molecule has 1 radical (unpaired) electrons. The van der Waals surface area contributed by atoms with Gasteiger partial charge in [-0.05, 0) is 19.3 Å². The minimum absolute atomic E-state index is 0.952. The van der Waals surface area contributed by atoms with Crippen LogP contribution in [0.5, 0.6) is 0 Å². The van der Waals surface area contributed by atoms with E-state index >= 15 is 0 Å². The molecule has 0 aromatic heterocycles. The Bertz CT molecular complexity index is 297. The molecule has 1 aliphatic heterocycles. The molecule has 0 bridgehead atoms. The lowest BCUT2D eigenvalue weighted by Gasteiger charge is -2.24. The predicted octanol–water partition coefficient (Wildman–Crippen LogP) is 2.23. The van der Waals surface area contributed by atoms with E-state index in [2.05, 4.69) is 36.7 Å². The lowest BCUT2D eigenvalue weighted by molar-refractivity contribution is 0.325. The van der Waals surface area contributed by atoms with Crippen molar-refractivity contribution in [3.05, 3.63) is 30.0 Å². The van der Waals surface area contributed by atoms with E-state index in [0.717, 1.165) is 56.0 Å². The number of hydrogen-bond acceptors (Lipinski definition) is 4. The molecule has 3 N–H and O–H groups in total. The molecule has 1 heterocycles. The number of hydrogen-bond donors (Lipinski definition) is 3. The van der Waals surface area contributed by atoms with Crippen molar-refractivity contribution in [3.8, 4) is 0 Å². The van der Waals surface area contributed by atoms with Gasteiger partial charge in [0, 0.05) is 19.6 Å². The van der Waals surface area contributed by atoms with Crippen LogP contribution in [0, 0.1) is 6.61 Å². The average molecular weight is 252 g/mol. The van der Waals surface area contributed by atoms with Gasteiger partial charge in [-0.15, -0.1) is 0 Å². The zero-order valence-electron chi connectivity index (χ0n) is 11.8. The fraction of sp³-hybridized carbons (Fsp3) is 0.643. The standard InChI is InChI=1S/C14H26N3O/c1-4-7-15-12-10-18-11-13(16-8-5-2)14(12)17-9-6-3/h10-11,15-17H,4-9H2,1-3H3. The van der Waals surface area contributed by atoms with Crippen molar-refractivity contribution in [1.29, 1.82) is 0 Å². The molecule has 1 aliphatic rings. The van der Waals surface area contributed by atoms with Gasteiger partial charge in [-0.1, -0.05) is 20.8 Å². The number of ether oxygens (including phenoxy) is 1. The van der Waals surface area contributed by atoms with E-state index in [1.54, 1.807) is 12.9 Å². The van der Waals surface area contributed by atoms with Crippen LogP contribution in [-0.4, -0.2) is 19.6 Å². The van der Waals surface area contributed by atoms with Gasteiger partial charge < -0.3 is 20.7 Å². The van der Waals surface area contributed by atoms with Crippen LogP contribution in [0.2, 0.25) is 0 Å². The topological polar surface area (TPSA) is 45.3 Å². The molecule has 0 aliphatic carbocycles. The van der Waals surface area contributed by atoms with Crippen molar-refractivity contribution >= 4 is 0 Å². The monoisotopic (exact) mass is 252 g/mol. The van der Waals surface area contributed by atoms with Crippen LogP contribution < -0.4 is 16.0 Å². The van der Waals surface area contributed by atoms with Crippen LogP contribution in [0.3, 0.4) is 0 Å². The molecule has 0 aromatic rings. The summed E-state index contributed by atoms with van der Waals surface area (Å²) in [5, 5.41) is 10.2. The summed E-state index contributed by atoms with van der Waals surface area (Å²) in [7, 11) is 0. The molecular weight excluding hydrogens is 226 g/mol. The minimum atomic E-state index is 0.952. The molecule has 0 saturated heterocycles. The molecule has 0 saturated carbocycles. The van der Waals surface area contributed by atoms with E-state index < -0.39 is 0 Å². The maximum absolute atomic E-state index is 5.39. The Labute approximate surface area is 111 Å². The van der Waals surface area contributed by atoms with Crippen molar-refractivity contribution in [3.63, 3.8) is 0 Å². The van der Waals surface area contributed by atoms with E-state index in [1.165, 1.54) is 0 Å². The highest BCUT2D eigenvalue weighted by atomic mass is 16.5. The van der Waals surface area contributed by atoms with Crippen LogP contribution in [0.4, 0.5) is 0 Å². The molecule has 0 fully saturated rings. The van der Waals surface area contributed by atoms with Crippen molar-refractivity contribution in [2.75, 3.05) is 19.6 Å². The van der Waals surface area contributed by atoms with Crippen LogP contribution >= 0.6 is 0 Å². The Hall–Kier alpha value is -1.32. The molecule has 1 rings (SSSR count). The minimum Gasteiger partial charge on any atom is -0.485 e. The van der Waals surface area contributed by atoms with Gasteiger partial charge in [0.2, 0.25) is 0 Å². The van der Waals surface area contributed by atoms with E-state index in [9.17, 15) is 0 Å². The Morgan fingerprint density at radius 1 is 0.889 bits per heavy atom. The van der Waals surface area contributed by atoms with Crippen molar-refractivity contribution < 1.29 is 4.74 Å². The molecule has 0 atom stereocenters. The van der Waals surface area contributed by atoms with Gasteiger partial charge in [-0.3, -0.25) is 0 Å². The second kappa shape index (κ2) is 8.72. The first-order valence-corrected chi connectivity index (χ1v) is 6.98. The molecule has 103 valence electrons. The first kappa shape index (κ1) is 14.7. The van der Waals surface area contributed by atoms with E-state index in [1.807, 2.05) is 0 Å². The molecule has 0 aromatic carbocycles. The molecule has 18 heavy (non-hydrogen) atoms. The van der Waals surface area contributed by atoms with Crippen molar-refractivity contribution in [1.82, 2.24) is 16.0 Å². The summed E-state index contributed by atoms with van der Waals surface area (Å²) in [6.45, 7) is 11.1. The fourth-order valence-electron chi connectivity index (χ4n) is 1.65. The lowest BCUT2D eigenvalue weighted by Crippen LogP contribution is -2.32. The Balaban J connectivity index is 2.73. The highest BCUT2D eigenvalue weighted by Gasteiger charge is 2.16. The van der Waals surface area contributed by atoms with Gasteiger partial charge in [0.05, 0.1) is 17.1 Å². The van der Waals surface area contributed by atoms with Crippen LogP contribution in [0.15, 0.2) is 23.4 Å². The van der Waals surface area contributed by atoms with Crippen LogP contribution in [0.25, 0.3) is 0 Å². The second-order valence-electron chi connectivity index (χ2n) is 4.35. The van der Waals surface area contributed by atoms with Crippen molar-refractivity contribution in [2.45, 2.75) is 40.0 Å². The third-order valence-electron chi connectivity index (χ3n) is 2.59. The predicted molar refractivity (Wildman–Crippen MR) is 75.4 cm³/mol. The van der Waals surface area contributed by atoms with E-state index in [-0.39, 0.29) is 0 Å². The van der Waals surface area contributed by atoms with Gasteiger partial charge >= 0.3 is 0 Å². The van der Waals surface area contributed by atoms with E-state index in [4.69, 9.17) is 4.74 Å². The second-order valence-corrected chi connectivity index (χ2v) is 4.35. The summed E-state index contributed by atoms with van der Waals surface area (Å²) >= 11 is 0. The van der Waals surface area contributed by atoms with Gasteiger partial charge in [-0.2, -0.15) is 0 Å². The van der Waals surface area contributed by atoms with Crippen molar-refractivity contribution in [2.24, 2.45) is 0 Å². The molecule has 0 spiro atoms. The third-order valence-corrected chi connectivity index (χ3v) is 2.59. The average Bonchev–Trinajstić information content (AvgIpc) is 2.41. The number of rotatable bonds is 9. The zero-order chi connectivity index (χ0) is 13.2. The highest BCUT2D eigenvalue weighted by Crippen LogP contribution is 2.17. The summed E-state index contributed by atoms with van der Waals surface area (Å²) in [6, 6.07) is 0. The molecular formula is C14H26N3O. The number of nitrogens with one attached hydrogen (secondary N) is 3. The Kier molecular flexibility index (Phi) is 7.14. The first-order chi connectivity index (χ1) is 8.83. The summed E-state index contributed by atoms with van der Waals surface area (Å²) in [5.41, 5.74) is 3.18. The van der Waals surface area contributed by atoms with E-state index in [0.29, 0.717) is 0 Å². The first-order valence-electron chi connectivity index (χ1n) is 6.98. The summed E-state index contributed by atoms with van der Waals surface area (Å²) in [6.07, 6.45) is 5.07. The molecule has 0 unspecified atom stereocenters.